The summed E-state index contributed by atoms with van der Waals surface area (Å²) in [6.07, 6.45) is -16.6. The molecule has 19 heteroatoms. The molecule has 0 amide bonds. The highest BCUT2D eigenvalue weighted by Gasteiger charge is 2.52. The van der Waals surface area contributed by atoms with Gasteiger partial charge in [0.25, 0.3) is 0 Å². The molecule has 17 unspecified atom stereocenters. The largest absolute Gasteiger partial charge is 0.394 e. The molecule has 4 aliphatic rings. The maximum atomic E-state index is 11.1. The quantitative estimate of drug-likeness (QED) is 0.0994. The molecule has 0 radical (unpaired) electrons. The Morgan fingerprint density at radius 3 is 1.75 bits per heavy atom. The van der Waals surface area contributed by atoms with E-state index in [-0.39, 0.29) is 32.7 Å². The van der Waals surface area contributed by atoms with Gasteiger partial charge in [-0.25, -0.2) is 0 Å². The van der Waals surface area contributed by atoms with Gasteiger partial charge in [0.15, 0.2) is 12.6 Å². The number of hydrogen-bond acceptors (Lipinski definition) is 19. The Labute approximate surface area is 254 Å². The second-order valence-corrected chi connectivity index (χ2v) is 12.0. The fourth-order valence-corrected chi connectivity index (χ4v) is 6.19. The Morgan fingerprint density at radius 1 is 0.568 bits per heavy atom. The molecule has 19 nitrogen and oxygen atoms in total. The number of nitrogens with two attached hydrogens (primary N) is 6. The summed E-state index contributed by atoms with van der Waals surface area (Å²) in [7, 11) is 0. The molecule has 44 heavy (non-hydrogen) atoms. The SMILES string of the molecule is NCC1OC(COC[C@H]2C(CO)O[C@H](OC3C(O)C(N)CC(N)C3OC3OC(CN)C(O)C(O)C3N)C2O)C(N)C(O)C1O. The van der Waals surface area contributed by atoms with Crippen molar-refractivity contribution in [2.75, 3.05) is 32.9 Å². The minimum atomic E-state index is -1.43. The summed E-state index contributed by atoms with van der Waals surface area (Å²) in [4.78, 5) is 0. The lowest BCUT2D eigenvalue weighted by Crippen LogP contribution is -2.68. The number of rotatable bonds is 11. The molecule has 0 aromatic heterocycles. The molecule has 0 aromatic rings. The van der Waals surface area contributed by atoms with Gasteiger partial charge in [-0.1, -0.05) is 0 Å². The minimum Gasteiger partial charge on any atom is -0.394 e. The molecule has 19 atom stereocenters. The second-order valence-electron chi connectivity index (χ2n) is 12.0. The second kappa shape index (κ2) is 15.4. The highest BCUT2D eigenvalue weighted by Crippen LogP contribution is 2.34. The Bertz CT molecular complexity index is 899. The molecule has 0 spiro atoms. The van der Waals surface area contributed by atoms with E-state index in [4.69, 9.17) is 62.8 Å². The van der Waals surface area contributed by atoms with Crippen molar-refractivity contribution in [3.63, 3.8) is 0 Å². The third-order valence-electron chi connectivity index (χ3n) is 9.04. The number of hydrogen-bond donors (Lipinski definition) is 13. The number of aliphatic hydroxyl groups is 7. The zero-order chi connectivity index (χ0) is 32.5. The standard InChI is InChI=1S/C25H50N6O13/c26-2-10-18(35)20(37)14(30)13(40-10)6-39-5-7-12(4-32)42-25(16(7)33)44-23-17(34)8(28)1-9(29)22(23)43-24-15(31)21(38)19(36)11(3-27)41-24/h7-25,32-38H,1-6,26-31H2/t7-,8?,9?,10?,11?,12?,13?,14?,15?,16?,17?,18?,19?,20?,21?,22?,23?,24?,25+/m0/s1. The molecule has 0 aromatic carbocycles. The molecule has 3 heterocycles. The van der Waals surface area contributed by atoms with Gasteiger partial charge < -0.3 is 98.6 Å². The zero-order valence-corrected chi connectivity index (χ0v) is 24.3. The first-order valence-electron chi connectivity index (χ1n) is 14.8. The predicted octanol–water partition coefficient (Wildman–Crippen LogP) is -8.61. The van der Waals surface area contributed by atoms with E-state index in [0.717, 1.165) is 0 Å². The van der Waals surface area contributed by atoms with Crippen LogP contribution in [-0.4, -0.2) is 179 Å². The first-order chi connectivity index (χ1) is 20.8. The lowest BCUT2D eigenvalue weighted by Gasteiger charge is -2.47. The van der Waals surface area contributed by atoms with Crippen LogP contribution in [0.1, 0.15) is 6.42 Å². The van der Waals surface area contributed by atoms with Crippen LogP contribution in [0, 0.1) is 5.92 Å². The zero-order valence-electron chi connectivity index (χ0n) is 24.3. The first kappa shape index (κ1) is 36.1. The third kappa shape index (κ3) is 7.36. The summed E-state index contributed by atoms with van der Waals surface area (Å²) in [5, 5.41) is 72.9. The first-order valence-corrected chi connectivity index (χ1v) is 14.8. The average molecular weight is 643 g/mol. The Hall–Kier alpha value is -0.760. The molecule has 258 valence electrons. The van der Waals surface area contributed by atoms with Gasteiger partial charge in [0.05, 0.1) is 56.3 Å². The molecule has 1 saturated carbocycles. The smallest absolute Gasteiger partial charge is 0.184 e. The van der Waals surface area contributed by atoms with E-state index in [9.17, 15) is 35.7 Å². The average Bonchev–Trinajstić information content (AvgIpc) is 3.30. The molecule has 19 N–H and O–H groups in total. The van der Waals surface area contributed by atoms with Gasteiger partial charge in [0.2, 0.25) is 0 Å². The number of ether oxygens (including phenoxy) is 6. The van der Waals surface area contributed by atoms with Gasteiger partial charge in [-0.2, -0.15) is 0 Å². The Morgan fingerprint density at radius 2 is 1.14 bits per heavy atom. The Kier molecular flexibility index (Phi) is 12.7. The normalized spacial score (nSPS) is 51.9. The molecule has 0 bridgehead atoms. The van der Waals surface area contributed by atoms with Crippen molar-refractivity contribution in [3.8, 4) is 0 Å². The van der Waals surface area contributed by atoms with Crippen molar-refractivity contribution in [2.24, 2.45) is 40.3 Å². The summed E-state index contributed by atoms with van der Waals surface area (Å²) in [5.74, 6) is -0.815. The molecule has 1 aliphatic carbocycles. The molecule has 4 fully saturated rings. The van der Waals surface area contributed by atoms with Crippen LogP contribution in [0.5, 0.6) is 0 Å². The van der Waals surface area contributed by atoms with E-state index in [1.54, 1.807) is 0 Å². The van der Waals surface area contributed by atoms with Gasteiger partial charge in [-0.3, -0.25) is 0 Å². The van der Waals surface area contributed by atoms with Crippen molar-refractivity contribution in [2.45, 2.75) is 116 Å². The van der Waals surface area contributed by atoms with Crippen LogP contribution in [0.2, 0.25) is 0 Å². The summed E-state index contributed by atoms with van der Waals surface area (Å²) < 4.78 is 34.9. The van der Waals surface area contributed by atoms with Crippen molar-refractivity contribution < 1.29 is 64.2 Å². The van der Waals surface area contributed by atoms with Gasteiger partial charge in [0, 0.05) is 31.1 Å². The minimum absolute atomic E-state index is 0.0534. The third-order valence-corrected chi connectivity index (χ3v) is 9.04. The highest BCUT2D eigenvalue weighted by molar-refractivity contribution is 5.02. The van der Waals surface area contributed by atoms with Crippen molar-refractivity contribution in [1.29, 1.82) is 0 Å². The molecule has 3 aliphatic heterocycles. The van der Waals surface area contributed by atoms with E-state index in [2.05, 4.69) is 0 Å². The Balaban J connectivity index is 1.41. The van der Waals surface area contributed by atoms with E-state index in [0.29, 0.717) is 0 Å². The maximum Gasteiger partial charge on any atom is 0.184 e. The fraction of sp³-hybridized carbons (Fsp3) is 1.00. The van der Waals surface area contributed by atoms with Crippen molar-refractivity contribution in [1.82, 2.24) is 0 Å². The van der Waals surface area contributed by atoms with Crippen LogP contribution in [0.4, 0.5) is 0 Å². The summed E-state index contributed by atoms with van der Waals surface area (Å²) >= 11 is 0. The highest BCUT2D eigenvalue weighted by atomic mass is 16.7. The van der Waals surface area contributed by atoms with Crippen LogP contribution in [-0.2, 0) is 28.4 Å². The van der Waals surface area contributed by atoms with Crippen LogP contribution in [0.3, 0.4) is 0 Å². The molecular weight excluding hydrogens is 592 g/mol. The van der Waals surface area contributed by atoms with E-state index in [1.165, 1.54) is 0 Å². The van der Waals surface area contributed by atoms with Crippen LogP contribution < -0.4 is 34.4 Å². The molecular formula is C25H50N6O13. The van der Waals surface area contributed by atoms with Gasteiger partial charge in [-0.15, -0.1) is 0 Å². The lowest BCUT2D eigenvalue weighted by molar-refractivity contribution is -0.306. The van der Waals surface area contributed by atoms with Crippen LogP contribution in [0.25, 0.3) is 0 Å². The fourth-order valence-electron chi connectivity index (χ4n) is 6.19. The maximum absolute atomic E-state index is 11.1. The van der Waals surface area contributed by atoms with Crippen LogP contribution in [0.15, 0.2) is 0 Å². The predicted molar refractivity (Wildman–Crippen MR) is 148 cm³/mol. The van der Waals surface area contributed by atoms with E-state index >= 15 is 0 Å². The van der Waals surface area contributed by atoms with Crippen molar-refractivity contribution in [3.05, 3.63) is 0 Å². The lowest BCUT2D eigenvalue weighted by atomic mass is 9.84. The summed E-state index contributed by atoms with van der Waals surface area (Å²) in [6.45, 7) is -0.980. The number of aliphatic hydroxyl groups excluding tert-OH is 7. The molecule has 3 saturated heterocycles. The summed E-state index contributed by atoms with van der Waals surface area (Å²) in [5.41, 5.74) is 35.7. The topological polar surface area (TPSA) is 353 Å². The van der Waals surface area contributed by atoms with Crippen LogP contribution >= 0.6 is 0 Å². The van der Waals surface area contributed by atoms with Crippen molar-refractivity contribution >= 4 is 0 Å². The molecule has 4 rings (SSSR count). The monoisotopic (exact) mass is 642 g/mol. The van der Waals surface area contributed by atoms with Gasteiger partial charge in [-0.05, 0) is 6.42 Å². The van der Waals surface area contributed by atoms with Gasteiger partial charge >= 0.3 is 0 Å². The summed E-state index contributed by atoms with van der Waals surface area (Å²) in [6, 6.07) is -3.82. The van der Waals surface area contributed by atoms with E-state index in [1.807, 2.05) is 0 Å². The van der Waals surface area contributed by atoms with E-state index < -0.39 is 123 Å². The van der Waals surface area contributed by atoms with Gasteiger partial charge in [0.1, 0.15) is 48.8 Å².